The average molecular weight is 1280 g/mol. The third-order valence-electron chi connectivity index (χ3n) is 16.7. The maximum atomic E-state index is 9.54. The van der Waals surface area contributed by atoms with E-state index in [2.05, 4.69) is 243 Å². The Labute approximate surface area is 515 Å². The maximum absolute atomic E-state index is 9.54. The first-order valence-electron chi connectivity index (χ1n) is 31.0. The van der Waals surface area contributed by atoms with Gasteiger partial charge in [0.25, 0.3) is 0 Å². The number of hydrogen-bond donors (Lipinski definition) is 0. The van der Waals surface area contributed by atoms with Gasteiger partial charge < -0.3 is 19.4 Å². The number of benzene rings is 9. The molecule has 0 bridgehead atoms. The molecule has 7 heteroatoms. The molecule has 0 amide bonds. The van der Waals surface area contributed by atoms with E-state index in [1.807, 2.05) is 49.3 Å². The predicted octanol–water partition coefficient (Wildman–Crippen LogP) is 17.5. The molecule has 418 valence electrons. The molecule has 4 heterocycles. The second-order valence-electron chi connectivity index (χ2n) is 26.2. The topological polar surface area (TPSA) is 31.8 Å². The Morgan fingerprint density at radius 2 is 0.988 bits per heavy atom. The van der Waals surface area contributed by atoms with Gasteiger partial charge in [-0.2, -0.15) is 12.1 Å². The van der Waals surface area contributed by atoms with E-state index >= 15 is 0 Å². The molecule has 83 heavy (non-hydrogen) atoms. The summed E-state index contributed by atoms with van der Waals surface area (Å²) in [6.07, 6.45) is 1.92. The van der Waals surface area contributed by atoms with Crippen molar-refractivity contribution in [2.45, 2.75) is 105 Å². The first kappa shape index (κ1) is 49.8. The van der Waals surface area contributed by atoms with Crippen molar-refractivity contribution < 1.29 is 32.7 Å². The van der Waals surface area contributed by atoms with E-state index in [0.29, 0.717) is 28.4 Å². The zero-order valence-corrected chi connectivity index (χ0v) is 52.6. The molecule has 1 spiro atoms. The van der Waals surface area contributed by atoms with Gasteiger partial charge >= 0.3 is 0 Å². The van der Waals surface area contributed by atoms with E-state index in [9.17, 15) is 2.74 Å². The fourth-order valence-electron chi connectivity index (χ4n) is 12.3. The van der Waals surface area contributed by atoms with E-state index < -0.39 is 19.5 Å². The summed E-state index contributed by atoms with van der Waals surface area (Å²) in [6.45, 7) is 28.6. The van der Waals surface area contributed by atoms with Crippen LogP contribution in [-0.4, -0.2) is 13.1 Å². The number of hydrogen-bond acceptors (Lipinski definition) is 5. The zero-order valence-electron chi connectivity index (χ0n) is 54.3. The molecule has 3 aliphatic heterocycles. The van der Waals surface area contributed by atoms with Crippen LogP contribution < -0.4 is 40.2 Å². The van der Waals surface area contributed by atoms with Crippen molar-refractivity contribution in [2.24, 2.45) is 0 Å². The molecular formula is C76H71N4OPtSi-3. The van der Waals surface area contributed by atoms with Crippen molar-refractivity contribution in [3.63, 3.8) is 0 Å². The average Bonchev–Trinajstić information content (AvgIpc) is 1.42. The predicted molar refractivity (Wildman–Crippen MR) is 346 cm³/mol. The van der Waals surface area contributed by atoms with Crippen LogP contribution in [0.2, 0.25) is 0 Å². The molecule has 0 saturated carbocycles. The molecule has 3 aliphatic rings. The summed E-state index contributed by atoms with van der Waals surface area (Å²) >= 11 is 0. The number of anilines is 7. The van der Waals surface area contributed by atoms with E-state index in [-0.39, 0.29) is 67.0 Å². The molecule has 0 atom stereocenters. The van der Waals surface area contributed by atoms with Gasteiger partial charge in [-0.3, -0.25) is 0 Å². The molecular weight excluding hydrogens is 1210 g/mol. The molecule has 9 aromatic carbocycles. The number of pyridine rings is 1. The van der Waals surface area contributed by atoms with Crippen molar-refractivity contribution in [1.29, 1.82) is 0 Å². The van der Waals surface area contributed by atoms with Gasteiger partial charge in [-0.05, 0) is 124 Å². The number of nitrogens with zero attached hydrogens (tertiary/aromatic N) is 4. The van der Waals surface area contributed by atoms with Gasteiger partial charge in [0, 0.05) is 72.6 Å². The number of fused-ring (bicyclic) bond motifs is 10. The monoisotopic (exact) mass is 1280 g/mol. The van der Waals surface area contributed by atoms with Crippen LogP contribution in [0.3, 0.4) is 0 Å². The van der Waals surface area contributed by atoms with Crippen molar-refractivity contribution >= 4 is 68.8 Å². The van der Waals surface area contributed by atoms with Crippen LogP contribution in [0.1, 0.15) is 112 Å². The SMILES string of the molecule is [2H]c1c([2H])c([2H])c(-c2cc(C(C)(C)C)cc(-c3cc(C(C)(C)C)cc(C(C)(C)C)c3)c2N2[CH-]N(c3[c-]c(Oc4[c-]c5c(cc4)[Si]4(c6ccccc6-c6ccccc64)c4ccccc4N5c4cc(C(C)(C)C)ccn4)ccc3)c3ccccc32)c([2H])c1[2H].[Pt]. The van der Waals surface area contributed by atoms with Gasteiger partial charge in [-0.15, -0.1) is 47.9 Å². The molecule has 0 aliphatic carbocycles. The molecule has 1 aromatic heterocycles. The molecule has 10 aromatic rings. The number of aromatic nitrogens is 1. The van der Waals surface area contributed by atoms with Crippen LogP contribution in [0.15, 0.2) is 206 Å². The molecule has 0 N–H and O–H groups in total. The first-order chi connectivity index (χ1) is 41.2. The Kier molecular flexibility index (Phi) is 12.3. The number of para-hydroxylation sites is 3. The summed E-state index contributed by atoms with van der Waals surface area (Å²) in [5, 5.41) is 5.19. The van der Waals surface area contributed by atoms with Crippen molar-refractivity contribution in [2.75, 3.05) is 14.7 Å². The Hall–Kier alpha value is -7.76. The Balaban J connectivity index is 0.00000754. The van der Waals surface area contributed by atoms with Gasteiger partial charge in [0.2, 0.25) is 0 Å². The Morgan fingerprint density at radius 1 is 0.458 bits per heavy atom. The molecule has 13 rings (SSSR count). The van der Waals surface area contributed by atoms with Gasteiger partial charge in [0.05, 0.1) is 6.85 Å². The van der Waals surface area contributed by atoms with E-state index in [0.717, 1.165) is 56.4 Å². The fraction of sp³-hybridized carbons (Fsp3) is 0.211. The van der Waals surface area contributed by atoms with Crippen LogP contribution in [0, 0.1) is 18.8 Å². The van der Waals surface area contributed by atoms with Gasteiger partial charge in [0.15, 0.2) is 0 Å². The van der Waals surface area contributed by atoms with Gasteiger partial charge in [-0.1, -0.05) is 216 Å². The summed E-state index contributed by atoms with van der Waals surface area (Å²) in [4.78, 5) is 11.6. The van der Waals surface area contributed by atoms with Crippen molar-refractivity contribution in [1.82, 2.24) is 4.98 Å². The second kappa shape index (κ2) is 20.5. The van der Waals surface area contributed by atoms with Crippen molar-refractivity contribution in [3.8, 4) is 44.9 Å². The third-order valence-corrected chi connectivity index (χ3v) is 21.6. The van der Waals surface area contributed by atoms with Crippen LogP contribution in [0.5, 0.6) is 11.5 Å². The minimum atomic E-state index is -2.97. The smallest absolute Gasteiger partial charge is 0.135 e. The van der Waals surface area contributed by atoms with Crippen LogP contribution in [0.4, 0.5) is 39.9 Å². The summed E-state index contributed by atoms with van der Waals surface area (Å²) in [6, 6.07) is 66.4. The first-order valence-corrected chi connectivity index (χ1v) is 30.5. The minimum absolute atomic E-state index is 0. The summed E-state index contributed by atoms with van der Waals surface area (Å²) in [5.74, 6) is 1.81. The number of rotatable bonds is 7. The number of ether oxygens (including phenoxy) is 1. The standard InChI is InChI=1S/C76H71N4OSi.Pt/c1-73(2,3)52-39-40-77-71(46-52)80-65-33-20-23-36-69(65)82(67-34-21-16-29-59(67)60-30-17-22-35-68(60)82)70-38-37-58(48-66(70)80)81-57-28-24-27-56(47-57)78-49-79(64-32-19-18-31-63(64)78)72-61(50-25-14-13-15-26-50)44-55(76(10,11)12)45-62(72)51-41-53(74(4,5)6)43-54(42-51)75(7,8)9;/h13-46,49H,1-12H3;/q-3;/i13D,14D,15D,25D,26D;. The van der Waals surface area contributed by atoms with Gasteiger partial charge in [0.1, 0.15) is 13.9 Å². The van der Waals surface area contributed by atoms with E-state index in [4.69, 9.17) is 13.8 Å². The van der Waals surface area contributed by atoms with Crippen LogP contribution in [0.25, 0.3) is 33.4 Å². The van der Waals surface area contributed by atoms with Crippen LogP contribution >= 0.6 is 0 Å². The zero-order chi connectivity index (χ0) is 61.4. The van der Waals surface area contributed by atoms with Gasteiger partial charge in [-0.25, -0.2) is 4.98 Å². The molecule has 0 unspecified atom stereocenters. The molecule has 0 fully saturated rings. The summed E-state index contributed by atoms with van der Waals surface area (Å²) in [7, 11) is -2.97. The Morgan fingerprint density at radius 3 is 1.60 bits per heavy atom. The van der Waals surface area contributed by atoms with Crippen LogP contribution in [-0.2, 0) is 42.7 Å². The molecule has 0 radical (unpaired) electrons. The summed E-state index contributed by atoms with van der Waals surface area (Å²) in [5.41, 5.74) is 13.5. The van der Waals surface area contributed by atoms with E-state index in [1.165, 1.54) is 37.4 Å². The van der Waals surface area contributed by atoms with Crippen molar-refractivity contribution in [3.05, 3.63) is 247 Å². The third kappa shape index (κ3) is 9.57. The second-order valence-corrected chi connectivity index (χ2v) is 29.9. The molecule has 0 saturated heterocycles. The largest absolute Gasteiger partial charge is 0.509 e. The maximum Gasteiger partial charge on any atom is 0.135 e. The molecule has 5 nitrogen and oxygen atoms in total. The quantitative estimate of drug-likeness (QED) is 0.117. The minimum Gasteiger partial charge on any atom is -0.509 e. The summed E-state index contributed by atoms with van der Waals surface area (Å²) < 4.78 is 52.8. The normalized spacial score (nSPS) is 15.0. The Bertz CT molecular complexity index is 4350. The van der Waals surface area contributed by atoms with E-state index in [1.54, 1.807) is 0 Å². The fourth-order valence-corrected chi connectivity index (χ4v) is 17.8.